The minimum atomic E-state index is -1.16. The van der Waals surface area contributed by atoms with Crippen LogP contribution in [0.3, 0.4) is 0 Å². The number of nitro benzene ring substituents is 1. The van der Waals surface area contributed by atoms with E-state index in [0.29, 0.717) is 13.0 Å². The van der Waals surface area contributed by atoms with Crippen LogP contribution in [-0.2, 0) is 11.2 Å². The average Bonchev–Trinajstić information content (AvgIpc) is 2.40. The number of carboxylic acid groups (broad SMARTS) is 1. The van der Waals surface area contributed by atoms with Crippen LogP contribution in [0.1, 0.15) is 22.3 Å². The van der Waals surface area contributed by atoms with Gasteiger partial charge in [-0.1, -0.05) is 6.07 Å². The van der Waals surface area contributed by atoms with Gasteiger partial charge in [0.05, 0.1) is 17.4 Å². The molecule has 1 aromatic carbocycles. The molecule has 0 bridgehead atoms. The molecule has 1 aliphatic heterocycles. The number of aliphatic carboxylic acids is 1. The molecule has 1 amide bonds. The maximum Gasteiger partial charge on any atom is 0.306 e. The molecule has 0 fully saturated rings. The first-order valence-electron chi connectivity index (χ1n) is 6.35. The van der Waals surface area contributed by atoms with Gasteiger partial charge in [0.1, 0.15) is 0 Å². The Kier molecular flexibility index (Phi) is 4.18. The summed E-state index contributed by atoms with van der Waals surface area (Å²) in [6.45, 7) is 0.244. The topological polar surface area (TPSA) is 121 Å². The van der Waals surface area contributed by atoms with Crippen LogP contribution in [0.5, 0.6) is 0 Å². The third-order valence-electron chi connectivity index (χ3n) is 3.31. The highest BCUT2D eigenvalue weighted by molar-refractivity contribution is 5.97. The molecule has 8 heteroatoms. The molecule has 1 heterocycles. The van der Waals surface area contributed by atoms with Gasteiger partial charge in [0, 0.05) is 30.8 Å². The number of carboxylic acids is 1. The fourth-order valence-corrected chi connectivity index (χ4v) is 2.32. The minimum Gasteiger partial charge on any atom is -0.481 e. The largest absolute Gasteiger partial charge is 0.481 e. The summed E-state index contributed by atoms with van der Waals surface area (Å²) in [5.41, 5.74) is 0.780. The quantitative estimate of drug-likeness (QED) is 0.600. The standard InChI is InChI=1S/C13H14N2O6/c16-10(6-12(17)18)7-14-4-3-8-1-2-9(15(20)21)5-11(8)13(14)19/h1-2,5,10,16H,3-4,6-7H2,(H,17,18). The maximum atomic E-state index is 12.3. The summed E-state index contributed by atoms with van der Waals surface area (Å²) < 4.78 is 0. The van der Waals surface area contributed by atoms with E-state index in [9.17, 15) is 24.8 Å². The zero-order valence-electron chi connectivity index (χ0n) is 11.1. The Hall–Kier alpha value is -2.48. The van der Waals surface area contributed by atoms with Crippen LogP contribution in [0.15, 0.2) is 18.2 Å². The molecule has 21 heavy (non-hydrogen) atoms. The number of carbonyl (C=O) groups excluding carboxylic acids is 1. The number of carbonyl (C=O) groups is 2. The molecular weight excluding hydrogens is 280 g/mol. The molecule has 0 saturated carbocycles. The Balaban J connectivity index is 2.17. The van der Waals surface area contributed by atoms with Gasteiger partial charge in [-0.3, -0.25) is 19.7 Å². The van der Waals surface area contributed by atoms with Crippen molar-refractivity contribution in [3.05, 3.63) is 39.4 Å². The number of rotatable bonds is 5. The van der Waals surface area contributed by atoms with Crippen molar-refractivity contribution >= 4 is 17.6 Å². The SMILES string of the molecule is O=C(O)CC(O)CN1CCc2ccc([N+](=O)[O-])cc2C1=O. The highest BCUT2D eigenvalue weighted by atomic mass is 16.6. The smallest absolute Gasteiger partial charge is 0.306 e. The third kappa shape index (κ3) is 3.34. The molecule has 1 atom stereocenters. The molecule has 2 rings (SSSR count). The summed E-state index contributed by atoms with van der Waals surface area (Å²) in [5.74, 6) is -1.58. The van der Waals surface area contributed by atoms with E-state index in [4.69, 9.17) is 5.11 Å². The van der Waals surface area contributed by atoms with Gasteiger partial charge in [-0.15, -0.1) is 0 Å². The van der Waals surface area contributed by atoms with Crippen LogP contribution in [-0.4, -0.2) is 51.1 Å². The molecule has 0 spiro atoms. The van der Waals surface area contributed by atoms with Gasteiger partial charge < -0.3 is 15.1 Å². The van der Waals surface area contributed by atoms with E-state index >= 15 is 0 Å². The number of hydrogen-bond donors (Lipinski definition) is 2. The van der Waals surface area contributed by atoms with E-state index in [1.807, 2.05) is 0 Å². The van der Waals surface area contributed by atoms with E-state index in [1.54, 1.807) is 6.07 Å². The molecule has 0 aromatic heterocycles. The van der Waals surface area contributed by atoms with Crippen molar-refractivity contribution in [2.24, 2.45) is 0 Å². The van der Waals surface area contributed by atoms with E-state index in [2.05, 4.69) is 0 Å². The number of benzene rings is 1. The molecule has 1 aliphatic rings. The van der Waals surface area contributed by atoms with E-state index in [0.717, 1.165) is 5.56 Å². The zero-order chi connectivity index (χ0) is 15.6. The molecule has 8 nitrogen and oxygen atoms in total. The summed E-state index contributed by atoms with van der Waals surface area (Å²) in [6.07, 6.45) is -1.10. The Morgan fingerprint density at radius 3 is 2.81 bits per heavy atom. The van der Waals surface area contributed by atoms with Crippen LogP contribution >= 0.6 is 0 Å². The Labute approximate surface area is 119 Å². The second-order valence-electron chi connectivity index (χ2n) is 4.85. The summed E-state index contributed by atoms with van der Waals surface area (Å²) in [5, 5.41) is 28.9. The molecule has 0 saturated heterocycles. The number of hydrogen-bond acceptors (Lipinski definition) is 5. The Bertz CT molecular complexity index is 600. The van der Waals surface area contributed by atoms with Gasteiger partial charge in [-0.25, -0.2) is 0 Å². The van der Waals surface area contributed by atoms with Crippen molar-refractivity contribution in [3.63, 3.8) is 0 Å². The monoisotopic (exact) mass is 294 g/mol. The van der Waals surface area contributed by atoms with Crippen LogP contribution in [0.2, 0.25) is 0 Å². The molecular formula is C13H14N2O6. The van der Waals surface area contributed by atoms with Gasteiger partial charge in [-0.2, -0.15) is 0 Å². The van der Waals surface area contributed by atoms with E-state index in [-0.39, 0.29) is 17.8 Å². The predicted molar refractivity (Wildman–Crippen MR) is 71.0 cm³/mol. The first-order chi connectivity index (χ1) is 9.88. The number of nitro groups is 1. The summed E-state index contributed by atoms with van der Waals surface area (Å²) in [7, 11) is 0. The lowest BCUT2D eigenvalue weighted by molar-refractivity contribution is -0.384. The van der Waals surface area contributed by atoms with Gasteiger partial charge >= 0.3 is 5.97 Å². The second-order valence-corrected chi connectivity index (χ2v) is 4.85. The number of aliphatic hydroxyl groups is 1. The molecule has 0 aliphatic carbocycles. The molecule has 0 radical (unpaired) electrons. The Morgan fingerprint density at radius 2 is 2.19 bits per heavy atom. The summed E-state index contributed by atoms with van der Waals surface area (Å²) >= 11 is 0. The second kappa shape index (κ2) is 5.88. The minimum absolute atomic E-state index is 0.104. The number of aliphatic hydroxyl groups excluding tert-OH is 1. The van der Waals surface area contributed by atoms with Gasteiger partial charge in [0.25, 0.3) is 11.6 Å². The highest BCUT2D eigenvalue weighted by Gasteiger charge is 2.28. The van der Waals surface area contributed by atoms with Crippen molar-refractivity contribution in [2.75, 3.05) is 13.1 Å². The molecule has 2 N–H and O–H groups in total. The highest BCUT2D eigenvalue weighted by Crippen LogP contribution is 2.24. The fraction of sp³-hybridized carbons (Fsp3) is 0.385. The first-order valence-corrected chi connectivity index (χ1v) is 6.35. The number of fused-ring (bicyclic) bond motifs is 1. The zero-order valence-corrected chi connectivity index (χ0v) is 11.1. The van der Waals surface area contributed by atoms with Crippen molar-refractivity contribution < 1.29 is 24.7 Å². The molecule has 1 unspecified atom stereocenters. The maximum absolute atomic E-state index is 12.3. The molecule has 112 valence electrons. The van der Waals surface area contributed by atoms with Gasteiger partial charge in [-0.05, 0) is 12.0 Å². The first kappa shape index (κ1) is 14.9. The van der Waals surface area contributed by atoms with E-state index in [1.165, 1.54) is 17.0 Å². The lowest BCUT2D eigenvalue weighted by Gasteiger charge is -2.29. The van der Waals surface area contributed by atoms with E-state index < -0.39 is 29.3 Å². The normalized spacial score (nSPS) is 15.5. The van der Waals surface area contributed by atoms with Crippen LogP contribution in [0.4, 0.5) is 5.69 Å². The number of nitrogens with zero attached hydrogens (tertiary/aromatic N) is 2. The van der Waals surface area contributed by atoms with Gasteiger partial charge in [0.2, 0.25) is 0 Å². The van der Waals surface area contributed by atoms with Crippen LogP contribution in [0.25, 0.3) is 0 Å². The van der Waals surface area contributed by atoms with Crippen molar-refractivity contribution in [3.8, 4) is 0 Å². The number of β-amino-alcohol motifs (C(OH)–C–C–N with tert-alkyl or cyclic N) is 1. The van der Waals surface area contributed by atoms with Gasteiger partial charge in [0.15, 0.2) is 0 Å². The van der Waals surface area contributed by atoms with Crippen molar-refractivity contribution in [2.45, 2.75) is 18.9 Å². The summed E-state index contributed by atoms with van der Waals surface area (Å²) in [4.78, 5) is 34.3. The predicted octanol–water partition coefficient (Wildman–Crippen LogP) is 0.429. The molecule has 1 aromatic rings. The number of non-ortho nitro benzene ring substituents is 1. The average molecular weight is 294 g/mol. The van der Waals surface area contributed by atoms with Crippen LogP contribution < -0.4 is 0 Å². The lowest BCUT2D eigenvalue weighted by Crippen LogP contribution is -2.42. The lowest BCUT2D eigenvalue weighted by atomic mass is 9.98. The fourth-order valence-electron chi connectivity index (χ4n) is 2.32. The number of amides is 1. The van der Waals surface area contributed by atoms with Crippen molar-refractivity contribution in [1.82, 2.24) is 4.90 Å². The summed E-state index contributed by atoms with van der Waals surface area (Å²) in [6, 6.07) is 4.12. The van der Waals surface area contributed by atoms with Crippen molar-refractivity contribution in [1.29, 1.82) is 0 Å². The Morgan fingerprint density at radius 1 is 1.48 bits per heavy atom. The van der Waals surface area contributed by atoms with Crippen LogP contribution in [0, 0.1) is 10.1 Å². The third-order valence-corrected chi connectivity index (χ3v) is 3.31.